The van der Waals surface area contributed by atoms with Crippen LogP contribution in [0, 0.1) is 6.92 Å². The molecule has 0 atom stereocenters. The minimum atomic E-state index is -0.503. The minimum absolute atomic E-state index is 0.00526. The SMILES string of the molecule is CC(=O)N1CC2(C1)CN(C(=O)c1n[nH]c(C)cc1=O)CCO2. The molecule has 3 rings (SSSR count). The zero-order valence-electron chi connectivity index (χ0n) is 12.6. The van der Waals surface area contributed by atoms with Gasteiger partial charge in [-0.15, -0.1) is 0 Å². The molecule has 2 aliphatic rings. The van der Waals surface area contributed by atoms with Gasteiger partial charge in [0.25, 0.3) is 5.91 Å². The quantitative estimate of drug-likeness (QED) is 0.729. The molecule has 0 radical (unpaired) electrons. The summed E-state index contributed by atoms with van der Waals surface area (Å²) in [6, 6.07) is 1.36. The van der Waals surface area contributed by atoms with Crippen LogP contribution in [0.4, 0.5) is 0 Å². The Kier molecular flexibility index (Phi) is 3.48. The maximum absolute atomic E-state index is 12.5. The number of aromatic nitrogens is 2. The largest absolute Gasteiger partial charge is 0.368 e. The van der Waals surface area contributed by atoms with E-state index < -0.39 is 11.5 Å². The first kappa shape index (κ1) is 14.7. The van der Waals surface area contributed by atoms with Crippen molar-refractivity contribution in [2.24, 2.45) is 0 Å². The third kappa shape index (κ3) is 2.50. The highest BCUT2D eigenvalue weighted by atomic mass is 16.5. The summed E-state index contributed by atoms with van der Waals surface area (Å²) in [7, 11) is 0. The van der Waals surface area contributed by atoms with Gasteiger partial charge in [0.2, 0.25) is 11.3 Å². The van der Waals surface area contributed by atoms with Gasteiger partial charge in [-0.25, -0.2) is 0 Å². The number of aryl methyl sites for hydroxylation is 1. The van der Waals surface area contributed by atoms with Crippen molar-refractivity contribution in [2.45, 2.75) is 19.4 Å². The van der Waals surface area contributed by atoms with E-state index in [0.717, 1.165) is 0 Å². The molecule has 1 aromatic rings. The van der Waals surface area contributed by atoms with Crippen LogP contribution in [-0.2, 0) is 9.53 Å². The molecule has 0 saturated carbocycles. The summed E-state index contributed by atoms with van der Waals surface area (Å²) in [5.41, 5.74) is -0.390. The number of nitrogens with zero attached hydrogens (tertiary/aromatic N) is 3. The van der Waals surface area contributed by atoms with Crippen LogP contribution in [0.15, 0.2) is 10.9 Å². The lowest BCUT2D eigenvalue weighted by Crippen LogP contribution is -2.71. The summed E-state index contributed by atoms with van der Waals surface area (Å²) in [5.74, 6) is -0.403. The van der Waals surface area contributed by atoms with Crippen molar-refractivity contribution in [1.82, 2.24) is 20.0 Å². The summed E-state index contributed by atoms with van der Waals surface area (Å²) < 4.78 is 5.75. The molecule has 1 aromatic heterocycles. The van der Waals surface area contributed by atoms with Crippen LogP contribution >= 0.6 is 0 Å². The molecule has 8 heteroatoms. The second-order valence-electron chi connectivity index (χ2n) is 5.90. The maximum atomic E-state index is 12.5. The van der Waals surface area contributed by atoms with E-state index in [9.17, 15) is 14.4 Å². The molecule has 22 heavy (non-hydrogen) atoms. The third-order valence-corrected chi connectivity index (χ3v) is 4.07. The number of morpholine rings is 1. The average Bonchev–Trinajstić information content (AvgIpc) is 2.44. The smallest absolute Gasteiger partial charge is 0.278 e. The maximum Gasteiger partial charge on any atom is 0.278 e. The van der Waals surface area contributed by atoms with Gasteiger partial charge in [0.1, 0.15) is 5.60 Å². The van der Waals surface area contributed by atoms with E-state index in [4.69, 9.17) is 4.74 Å². The topological polar surface area (TPSA) is 95.6 Å². The van der Waals surface area contributed by atoms with E-state index in [0.29, 0.717) is 38.5 Å². The first-order valence-electron chi connectivity index (χ1n) is 7.15. The molecule has 2 amide bonds. The number of nitrogens with one attached hydrogen (secondary N) is 1. The van der Waals surface area contributed by atoms with E-state index in [-0.39, 0.29) is 17.0 Å². The number of carbonyl (C=O) groups excluding carboxylic acids is 2. The Morgan fingerprint density at radius 2 is 2.00 bits per heavy atom. The van der Waals surface area contributed by atoms with Gasteiger partial charge in [0, 0.05) is 25.2 Å². The van der Waals surface area contributed by atoms with Crippen LogP contribution in [-0.4, -0.2) is 70.2 Å². The number of H-pyrrole nitrogens is 1. The Bertz CT molecular complexity index is 678. The lowest BCUT2D eigenvalue weighted by Gasteiger charge is -2.53. The summed E-state index contributed by atoms with van der Waals surface area (Å²) in [5, 5.41) is 6.50. The number of rotatable bonds is 1. The predicted molar refractivity (Wildman–Crippen MR) is 76.4 cm³/mol. The van der Waals surface area contributed by atoms with Crippen LogP contribution < -0.4 is 5.43 Å². The fourth-order valence-electron chi connectivity index (χ4n) is 2.88. The Morgan fingerprint density at radius 1 is 1.32 bits per heavy atom. The van der Waals surface area contributed by atoms with Crippen molar-refractivity contribution in [3.8, 4) is 0 Å². The van der Waals surface area contributed by atoms with Crippen molar-refractivity contribution < 1.29 is 14.3 Å². The van der Waals surface area contributed by atoms with Gasteiger partial charge in [-0.05, 0) is 6.92 Å². The van der Waals surface area contributed by atoms with Crippen molar-refractivity contribution in [2.75, 3.05) is 32.8 Å². The Hall–Kier alpha value is -2.22. The molecule has 1 spiro atoms. The fraction of sp³-hybridized carbons (Fsp3) is 0.571. The summed E-state index contributed by atoms with van der Waals surface area (Å²) in [4.78, 5) is 38.9. The van der Waals surface area contributed by atoms with Gasteiger partial charge in [-0.3, -0.25) is 19.5 Å². The van der Waals surface area contributed by atoms with Gasteiger partial charge in [0.15, 0.2) is 5.69 Å². The normalized spacial score (nSPS) is 19.9. The zero-order chi connectivity index (χ0) is 15.9. The highest BCUT2D eigenvalue weighted by molar-refractivity contribution is 5.92. The standard InChI is InChI=1S/C14H18N4O4/c1-9-5-11(20)12(16-15-9)13(21)17-3-4-22-14(6-17)7-18(8-14)10(2)19/h5H,3-4,6-8H2,1-2H3,(H,15,20). The number of hydrogen-bond donors (Lipinski definition) is 1. The average molecular weight is 306 g/mol. The van der Waals surface area contributed by atoms with E-state index in [1.165, 1.54) is 13.0 Å². The van der Waals surface area contributed by atoms with Crippen molar-refractivity contribution in [3.05, 3.63) is 27.7 Å². The van der Waals surface area contributed by atoms with Crippen LogP contribution in [0.3, 0.4) is 0 Å². The molecule has 0 bridgehead atoms. The van der Waals surface area contributed by atoms with Gasteiger partial charge in [-0.1, -0.05) is 0 Å². The van der Waals surface area contributed by atoms with Crippen molar-refractivity contribution >= 4 is 11.8 Å². The number of carbonyl (C=O) groups is 2. The second-order valence-corrected chi connectivity index (χ2v) is 5.90. The van der Waals surface area contributed by atoms with Crippen LogP contribution in [0.5, 0.6) is 0 Å². The molecule has 3 heterocycles. The first-order chi connectivity index (χ1) is 10.4. The van der Waals surface area contributed by atoms with Crippen LogP contribution in [0.25, 0.3) is 0 Å². The fourth-order valence-corrected chi connectivity index (χ4v) is 2.88. The van der Waals surface area contributed by atoms with Crippen molar-refractivity contribution in [3.63, 3.8) is 0 Å². The third-order valence-electron chi connectivity index (χ3n) is 4.07. The summed E-state index contributed by atoms with van der Waals surface area (Å²) >= 11 is 0. The van der Waals surface area contributed by atoms with Gasteiger partial charge in [-0.2, -0.15) is 5.10 Å². The number of aromatic amines is 1. The summed E-state index contributed by atoms with van der Waals surface area (Å²) in [6.07, 6.45) is 0. The second kappa shape index (κ2) is 5.20. The lowest BCUT2D eigenvalue weighted by molar-refractivity contribution is -0.185. The highest BCUT2D eigenvalue weighted by Gasteiger charge is 2.49. The molecule has 1 N–H and O–H groups in total. The number of amides is 2. The molecule has 2 fully saturated rings. The number of ether oxygens (including phenoxy) is 1. The number of likely N-dealkylation sites (tertiary alicyclic amines) is 1. The lowest BCUT2D eigenvalue weighted by atomic mass is 9.91. The monoisotopic (exact) mass is 306 g/mol. The van der Waals surface area contributed by atoms with Crippen LogP contribution in [0.2, 0.25) is 0 Å². The summed E-state index contributed by atoms with van der Waals surface area (Å²) in [6.45, 7) is 5.33. The Morgan fingerprint density at radius 3 is 2.64 bits per heavy atom. The van der Waals surface area contributed by atoms with Gasteiger partial charge >= 0.3 is 0 Å². The van der Waals surface area contributed by atoms with Crippen LogP contribution in [0.1, 0.15) is 23.1 Å². The van der Waals surface area contributed by atoms with E-state index in [1.807, 2.05) is 0 Å². The van der Waals surface area contributed by atoms with E-state index in [1.54, 1.807) is 16.7 Å². The molecule has 0 aromatic carbocycles. The Labute approximate surface area is 127 Å². The molecular weight excluding hydrogens is 288 g/mol. The first-order valence-corrected chi connectivity index (χ1v) is 7.15. The highest BCUT2D eigenvalue weighted by Crippen LogP contribution is 2.29. The van der Waals surface area contributed by atoms with Gasteiger partial charge in [0.05, 0.1) is 26.2 Å². The van der Waals surface area contributed by atoms with E-state index in [2.05, 4.69) is 10.2 Å². The predicted octanol–water partition coefficient (Wildman–Crippen LogP) is -0.848. The zero-order valence-corrected chi connectivity index (χ0v) is 12.6. The van der Waals surface area contributed by atoms with Gasteiger partial charge < -0.3 is 14.5 Å². The molecule has 0 unspecified atom stereocenters. The molecule has 118 valence electrons. The Balaban J connectivity index is 1.74. The molecular formula is C14H18N4O4. The molecule has 2 saturated heterocycles. The molecule has 0 aliphatic carbocycles. The van der Waals surface area contributed by atoms with E-state index >= 15 is 0 Å². The van der Waals surface area contributed by atoms with Crippen molar-refractivity contribution in [1.29, 1.82) is 0 Å². The number of hydrogen-bond acceptors (Lipinski definition) is 5. The molecule has 8 nitrogen and oxygen atoms in total. The molecule has 2 aliphatic heterocycles. The minimum Gasteiger partial charge on any atom is -0.368 e.